The average molecular weight is 2000 g/mol. The Morgan fingerprint density at radius 3 is 0.903 bits per heavy atom. The second kappa shape index (κ2) is 33.9. The van der Waals surface area contributed by atoms with Crippen LogP contribution >= 0.6 is 0 Å². The molecular formula is C110H95N15O20. The number of fused-ring (bicyclic) bond motifs is 25. The van der Waals surface area contributed by atoms with E-state index in [9.17, 15) is 54.8 Å². The number of hydrogen-bond donors (Lipinski definition) is 5. The van der Waals surface area contributed by atoms with E-state index in [0.29, 0.717) is 63.7 Å². The highest BCUT2D eigenvalue weighted by Crippen LogP contribution is 2.53. The number of amides is 10. The number of H-pyrrole nitrogens is 5. The molecule has 5 fully saturated rings. The lowest BCUT2D eigenvalue weighted by Crippen LogP contribution is -2.62. The summed E-state index contributed by atoms with van der Waals surface area (Å²) in [6.45, 7) is -35.5. The minimum absolute atomic E-state index is 0.0221. The van der Waals surface area contributed by atoms with Crippen LogP contribution in [0.25, 0.3) is 54.5 Å². The monoisotopic (exact) mass is 2000 g/mol. The Kier molecular flexibility index (Phi) is 11.2. The molecule has 0 saturated carbocycles. The van der Waals surface area contributed by atoms with Crippen molar-refractivity contribution in [2.24, 2.45) is 0 Å². The van der Waals surface area contributed by atoms with Gasteiger partial charge in [0.1, 0.15) is 38.3 Å². The number of para-hydroxylation sites is 5. The van der Waals surface area contributed by atoms with Crippen LogP contribution < -0.4 is 47.4 Å². The number of likely N-dealkylation sites (N-methyl/N-ethyl adjacent to an activating group) is 5. The van der Waals surface area contributed by atoms with Crippen molar-refractivity contribution < 1.29 is 169 Å². The third-order valence-corrected chi connectivity index (χ3v) is 25.4. The standard InChI is InChI=1S/5C22H19N3O4/c5*1-24-10-19(26)25-16(22(24)27)9-14-13-4-2-3-5-15(13)23-20(14)21(25)12-6-7-17-18(8-12)29-11-28-17/h5*2-8,16,21,23H,9-11H2,1H3/t5*16-,21?/m11111/s1/i2D,3D,4D,5D,6D,7D,8D,9D2,10D2,11D2,16D;1D3,2D,3D,4D,5D,9D2,10D2,16D;6D,7D,8D,9D2,10D2,11D2,16D;1D3,9D2,10D2,11D2,16D;1D3,9D2,10D2,16D. The van der Waals surface area contributed by atoms with Gasteiger partial charge in [-0.1, -0.05) is 121 Å². The molecule has 35 heteroatoms. The van der Waals surface area contributed by atoms with Crippen molar-refractivity contribution in [3.8, 4) is 57.5 Å². The molecule has 35 nitrogen and oxygen atoms in total. The molecule has 10 amide bonds. The van der Waals surface area contributed by atoms with E-state index in [1.807, 2.05) is 0 Å². The Hall–Kier alpha value is -17.4. The minimum atomic E-state index is -3.59. The summed E-state index contributed by atoms with van der Waals surface area (Å²) in [5.74, 6) is -17.5. The summed E-state index contributed by atoms with van der Waals surface area (Å²) in [6.07, 6.45) is -15.5. The van der Waals surface area contributed by atoms with Gasteiger partial charge in [-0.05, 0) is 146 Å². The molecule has 0 aliphatic carbocycles. The van der Waals surface area contributed by atoms with Crippen molar-refractivity contribution in [3.05, 3.63) is 296 Å². The molecule has 5 aromatic heterocycles. The number of ether oxygens (including phenoxy) is 10. The minimum Gasteiger partial charge on any atom is -0.454 e. The molecule has 10 aromatic carbocycles. The summed E-state index contributed by atoms with van der Waals surface area (Å²) in [4.78, 5) is 154. The van der Waals surface area contributed by atoms with Gasteiger partial charge in [0, 0.05) is 176 Å². The lowest BCUT2D eigenvalue weighted by molar-refractivity contribution is -0.157. The third kappa shape index (κ3) is 14.2. The summed E-state index contributed by atoms with van der Waals surface area (Å²) in [5, 5.41) is -0.0114. The zero-order valence-electron chi connectivity index (χ0n) is 128. The first-order chi connectivity index (χ1) is 91.6. The number of carbonyl (C=O) groups is 10. The van der Waals surface area contributed by atoms with Gasteiger partial charge in [0.2, 0.25) is 92.9 Å². The summed E-state index contributed by atoms with van der Waals surface area (Å²) >= 11 is 0. The molecule has 145 heavy (non-hydrogen) atoms. The van der Waals surface area contributed by atoms with Gasteiger partial charge in [0.25, 0.3) is 0 Å². The molecule has 5 N–H and O–H groups in total. The molecular weight excluding hydrogens is 1850 g/mol. The van der Waals surface area contributed by atoms with E-state index in [-0.39, 0.29) is 123 Å². The zero-order chi connectivity index (χ0) is 146. The van der Waals surface area contributed by atoms with Gasteiger partial charge in [0.15, 0.2) is 57.5 Å². The van der Waals surface area contributed by atoms with Crippen LogP contribution in [0.4, 0.5) is 0 Å². The van der Waals surface area contributed by atoms with Gasteiger partial charge in [-0.25, -0.2) is 0 Å². The second-order valence-corrected chi connectivity index (χ2v) is 33.4. The highest BCUT2D eigenvalue weighted by atomic mass is 16.7. The molecule has 730 valence electrons. The van der Waals surface area contributed by atoms with Crippen LogP contribution in [0.1, 0.15) is 188 Å². The van der Waals surface area contributed by atoms with E-state index in [0.717, 1.165) is 14.1 Å². The topological polar surface area (TPSA) is 374 Å². The van der Waals surface area contributed by atoms with Crippen molar-refractivity contribution in [2.45, 2.75) is 92.2 Å². The first-order valence-corrected chi connectivity index (χ1v) is 43.4. The van der Waals surface area contributed by atoms with Gasteiger partial charge >= 0.3 is 0 Å². The summed E-state index contributed by atoms with van der Waals surface area (Å²) < 4.78 is 506. The number of nitrogens with zero attached hydrogens (tertiary/aromatic N) is 10. The number of aromatic nitrogens is 5. The summed E-state index contributed by atoms with van der Waals surface area (Å²) in [5.41, 5.74) is -2.67. The van der Waals surface area contributed by atoms with E-state index >= 15 is 0 Å². The van der Waals surface area contributed by atoms with Crippen LogP contribution in [0.5, 0.6) is 57.5 Å². The smallest absolute Gasteiger partial charge is 0.245 e. The second-order valence-electron chi connectivity index (χ2n) is 33.4. The predicted molar refractivity (Wildman–Crippen MR) is 523 cm³/mol. The van der Waals surface area contributed by atoms with Gasteiger partial charge in [0.05, 0.1) is 102 Å². The van der Waals surface area contributed by atoms with Crippen LogP contribution in [-0.2, 0) is 79.8 Å². The van der Waals surface area contributed by atoms with Crippen molar-refractivity contribution in [2.75, 3.05) is 101 Å². The Labute approximate surface area is 902 Å². The van der Waals surface area contributed by atoms with Gasteiger partial charge in [-0.2, -0.15) is 0 Å². The van der Waals surface area contributed by atoms with E-state index in [1.165, 1.54) is 54.6 Å². The number of benzene rings is 10. The number of nitrogens with one attached hydrogen (secondary N) is 5. The van der Waals surface area contributed by atoms with Crippen molar-refractivity contribution in [1.82, 2.24) is 73.9 Å². The maximum atomic E-state index is 13.9. The normalized spacial score (nSPS) is 35.5. The molecule has 20 heterocycles. The van der Waals surface area contributed by atoms with Crippen molar-refractivity contribution in [1.29, 1.82) is 0 Å². The Balaban J connectivity index is 0.000000117. The van der Waals surface area contributed by atoms with Crippen LogP contribution in [0.15, 0.2) is 212 Å². The summed E-state index contributed by atoms with van der Waals surface area (Å²) in [7, 11) is 1.78. The first-order valence-electron chi connectivity index (χ1n) is 70.4. The average Bonchev–Trinajstić information content (AvgIpc) is 1.58. The zero-order valence-corrected chi connectivity index (χ0v) is 73.6. The van der Waals surface area contributed by atoms with E-state index < -0.39 is 382 Å². The largest absolute Gasteiger partial charge is 0.454 e. The van der Waals surface area contributed by atoms with Crippen LogP contribution in [0.3, 0.4) is 0 Å². The van der Waals surface area contributed by atoms with Crippen molar-refractivity contribution in [3.63, 3.8) is 0 Å². The first kappa shape index (κ1) is 47.9. The Bertz CT molecular complexity index is 11100. The number of carbonyl (C=O) groups excluding carboxylic acids is 10. The molecule has 30 rings (SSSR count). The number of aromatic amines is 5. The molecule has 5 saturated heterocycles. The number of piperazine rings is 5. The van der Waals surface area contributed by atoms with E-state index in [1.54, 1.807) is 72.8 Å². The third-order valence-electron chi connectivity index (χ3n) is 25.4. The van der Waals surface area contributed by atoms with Gasteiger partial charge in [-0.15, -0.1) is 0 Å². The van der Waals surface area contributed by atoms with E-state index in [2.05, 4.69) is 24.9 Å². The maximum absolute atomic E-state index is 13.9. The van der Waals surface area contributed by atoms with Crippen molar-refractivity contribution >= 4 is 114 Å². The molecule has 10 atom stereocenters. The fourth-order valence-electron chi connectivity index (χ4n) is 19.0. The molecule has 15 aliphatic rings. The molecule has 0 spiro atoms. The highest BCUT2D eigenvalue weighted by Gasteiger charge is 2.55. The maximum Gasteiger partial charge on any atom is 0.245 e. The highest BCUT2D eigenvalue weighted by molar-refractivity contribution is 6.03. The Morgan fingerprint density at radius 1 is 0.283 bits per heavy atom. The molecule has 0 bridgehead atoms. The van der Waals surface area contributed by atoms with Crippen LogP contribution in [0.2, 0.25) is 0 Å². The molecule has 0 radical (unpaired) electrons. The lowest BCUT2D eigenvalue weighted by atomic mass is 9.86. The Morgan fingerprint density at radius 2 is 0.552 bits per heavy atom. The van der Waals surface area contributed by atoms with Crippen LogP contribution in [-0.4, -0.2) is 264 Å². The molecule has 15 aromatic rings. The molecule has 5 unspecified atom stereocenters. The van der Waals surface area contributed by atoms with Crippen LogP contribution in [0, 0.1) is 0 Å². The SMILES string of the molecule is [2H]C([2H])([2H])N1C(=O)[C@]2([2H])N(C(=O)C1([2H])[2H])C(c1ccc3c(c1)OCO3)c1[nH]c3ccccc3c1C2([2H])[2H].[2H]C1([2H])Oc2ccc(C3c4[nH]c5ccccc5c4C([2H])([2H])[C@]4([2H])C(=O)N(C([2H])([2H])[2H])C([2H])([2H])C(=O)N34)cc2O1.[2H]c1c([2H])c(C2c3[nH]c4c([2H])c([2H])c([2H])c([2H])c4c3C([2H])([2H])[C@]3([2H])C(=O)N(C)C([2H])([2H])C(=O)N23)c([2H])c2c1OC([2H])([2H])O2.[2H]c1c([2H])c(C2c3[nH]c4ccccc4c3C([2H])([2H])[C@]3([2H])C(=O)N(C)C([2H])([2H])C(=O)N23)c([2H])c2c1OC([2H])([2H])O2.[2H]c1c([2H])c([2H])c2c3c([nH]c2c1[2H])C(c1ccc2c(c1)OCO2)N1C(=O)C([2H])([2H])N(C([2H])([2H])[2H])C(=O)[C@@]1([2H])C3([2H])[2H]. The van der Waals surface area contributed by atoms with Gasteiger partial charge < -0.3 is 121 Å². The molecule has 15 aliphatic heterocycles. The quantitative estimate of drug-likeness (QED) is 0.107. The fraction of sp³-hybridized carbons (Fsp3) is 0.273. The predicted octanol–water partition coefficient (Wildman–Crippen LogP) is 11.1. The van der Waals surface area contributed by atoms with E-state index in [4.69, 9.17) is 115 Å². The summed E-state index contributed by atoms with van der Waals surface area (Å²) in [6, 6.07) is -3.01. The lowest BCUT2D eigenvalue weighted by Gasteiger charge is -2.46. The number of rotatable bonds is 5. The fourth-order valence-corrected chi connectivity index (χ4v) is 19.0. The number of hydrogen-bond acceptors (Lipinski definition) is 20. The van der Waals surface area contributed by atoms with Gasteiger partial charge in [-0.3, -0.25) is 47.9 Å².